The molecule has 2 heterocycles. The monoisotopic (exact) mass is 851 g/mol. The minimum absolute atomic E-state index is 0.120. The lowest BCUT2D eigenvalue weighted by Crippen LogP contribution is -2.30. The van der Waals surface area contributed by atoms with Gasteiger partial charge in [0.25, 0.3) is 17.5 Å². The minimum atomic E-state index is -0.782. The number of thioether (sulfide) groups is 1. The highest BCUT2D eigenvalue weighted by Crippen LogP contribution is 2.41. The molecule has 7 rings (SSSR count). The van der Waals surface area contributed by atoms with Gasteiger partial charge in [-0.15, -0.1) is 23.1 Å². The Bertz CT molecular complexity index is 2580. The molecule has 308 valence electrons. The fraction of sp³-hybridized carbons (Fsp3) is 0.149. The maximum Gasteiger partial charge on any atom is 0.341 e. The van der Waals surface area contributed by atoms with Crippen LogP contribution in [-0.2, 0) is 33.8 Å². The SMILES string of the molecule is CCOC(=O)c1c(NC(=O)C(Sc2cccc(NC(=O)/C(=C\c3ccccc3[N+](=O)[O-])NC(=O)c3ccccc3)c2)c2ccccc2)sc2c1CCN(Cc1ccccc1)C2. The molecule has 0 bridgehead atoms. The molecule has 1 aromatic heterocycles. The lowest BCUT2D eigenvalue weighted by atomic mass is 10.0. The van der Waals surface area contributed by atoms with E-state index in [1.807, 2.05) is 48.5 Å². The third-order valence-electron chi connectivity index (χ3n) is 9.75. The van der Waals surface area contributed by atoms with Crippen LogP contribution in [0.15, 0.2) is 150 Å². The van der Waals surface area contributed by atoms with Crippen molar-refractivity contribution >= 4 is 69.2 Å². The molecular formula is C47H41N5O7S2. The molecule has 1 unspecified atom stereocenters. The first-order chi connectivity index (χ1) is 29.7. The van der Waals surface area contributed by atoms with Gasteiger partial charge in [-0.1, -0.05) is 97.1 Å². The number of rotatable bonds is 15. The maximum atomic E-state index is 14.4. The number of thiophene rings is 1. The third kappa shape index (κ3) is 10.7. The van der Waals surface area contributed by atoms with E-state index in [0.29, 0.717) is 39.7 Å². The van der Waals surface area contributed by atoms with Crippen LogP contribution in [0.3, 0.4) is 0 Å². The number of esters is 1. The van der Waals surface area contributed by atoms with E-state index in [0.717, 1.165) is 23.5 Å². The van der Waals surface area contributed by atoms with Crippen LogP contribution in [0.2, 0.25) is 0 Å². The van der Waals surface area contributed by atoms with Gasteiger partial charge in [0.1, 0.15) is 15.9 Å². The van der Waals surface area contributed by atoms with Crippen LogP contribution in [0.5, 0.6) is 0 Å². The molecule has 6 aromatic rings. The zero-order valence-electron chi connectivity index (χ0n) is 33.0. The topological polar surface area (TPSA) is 160 Å². The lowest BCUT2D eigenvalue weighted by Gasteiger charge is -2.27. The number of benzene rings is 5. The predicted molar refractivity (Wildman–Crippen MR) is 238 cm³/mol. The summed E-state index contributed by atoms with van der Waals surface area (Å²) in [4.78, 5) is 70.2. The van der Waals surface area contributed by atoms with Gasteiger partial charge in [-0.3, -0.25) is 29.4 Å². The van der Waals surface area contributed by atoms with E-state index in [-0.39, 0.29) is 35.0 Å². The van der Waals surface area contributed by atoms with Gasteiger partial charge in [0.2, 0.25) is 5.91 Å². The van der Waals surface area contributed by atoms with Crippen LogP contribution in [-0.4, -0.2) is 46.7 Å². The molecule has 5 aromatic carbocycles. The number of nitro groups is 1. The number of nitrogens with one attached hydrogen (secondary N) is 3. The molecule has 0 radical (unpaired) electrons. The molecule has 0 aliphatic carbocycles. The van der Waals surface area contributed by atoms with Crippen molar-refractivity contribution in [1.29, 1.82) is 0 Å². The van der Waals surface area contributed by atoms with Gasteiger partial charge in [-0.25, -0.2) is 4.79 Å². The molecule has 3 N–H and O–H groups in total. The van der Waals surface area contributed by atoms with Crippen molar-refractivity contribution in [3.05, 3.63) is 194 Å². The number of carbonyl (C=O) groups is 4. The number of nitrogens with zero attached hydrogens (tertiary/aromatic N) is 2. The average Bonchev–Trinajstić information content (AvgIpc) is 3.63. The average molecular weight is 852 g/mol. The van der Waals surface area contributed by atoms with Crippen LogP contribution in [0.1, 0.15) is 60.0 Å². The first kappa shape index (κ1) is 42.3. The van der Waals surface area contributed by atoms with Crippen molar-refractivity contribution in [2.75, 3.05) is 23.8 Å². The molecule has 61 heavy (non-hydrogen) atoms. The summed E-state index contributed by atoms with van der Waals surface area (Å²) in [6.07, 6.45) is 1.89. The van der Waals surface area contributed by atoms with E-state index >= 15 is 0 Å². The van der Waals surface area contributed by atoms with Crippen molar-refractivity contribution in [3.63, 3.8) is 0 Å². The molecule has 14 heteroatoms. The van der Waals surface area contributed by atoms with Crippen LogP contribution in [0.25, 0.3) is 6.08 Å². The zero-order chi connectivity index (χ0) is 42.7. The fourth-order valence-electron chi connectivity index (χ4n) is 6.87. The second kappa shape index (κ2) is 19.9. The number of nitro benzene ring substituents is 1. The predicted octanol–water partition coefficient (Wildman–Crippen LogP) is 9.27. The number of fused-ring (bicyclic) bond motifs is 1. The van der Waals surface area contributed by atoms with Gasteiger partial charge in [-0.2, -0.15) is 0 Å². The summed E-state index contributed by atoms with van der Waals surface area (Å²) in [6.45, 7) is 4.08. The van der Waals surface area contributed by atoms with Gasteiger partial charge in [0.15, 0.2) is 0 Å². The Hall–Kier alpha value is -6.87. The minimum Gasteiger partial charge on any atom is -0.462 e. The highest BCUT2D eigenvalue weighted by Gasteiger charge is 2.32. The summed E-state index contributed by atoms with van der Waals surface area (Å²) >= 11 is 2.64. The second-order valence-electron chi connectivity index (χ2n) is 13.9. The molecule has 1 atom stereocenters. The molecule has 0 saturated heterocycles. The van der Waals surface area contributed by atoms with E-state index in [1.54, 1.807) is 67.6 Å². The Morgan fingerprint density at radius 3 is 2.28 bits per heavy atom. The van der Waals surface area contributed by atoms with E-state index < -0.39 is 28.0 Å². The van der Waals surface area contributed by atoms with Crippen molar-refractivity contribution in [2.24, 2.45) is 0 Å². The molecule has 0 saturated carbocycles. The number of carbonyl (C=O) groups excluding carboxylic acids is 4. The lowest BCUT2D eigenvalue weighted by molar-refractivity contribution is -0.385. The summed E-state index contributed by atoms with van der Waals surface area (Å²) in [7, 11) is 0. The molecule has 0 fully saturated rings. The van der Waals surface area contributed by atoms with E-state index in [4.69, 9.17) is 4.74 Å². The van der Waals surface area contributed by atoms with E-state index in [1.165, 1.54) is 52.9 Å². The number of para-hydroxylation sites is 1. The fourth-order valence-corrected chi connectivity index (χ4v) is 9.24. The summed E-state index contributed by atoms with van der Waals surface area (Å²) in [5.41, 5.74) is 3.48. The quantitative estimate of drug-likeness (QED) is 0.0301. The first-order valence-electron chi connectivity index (χ1n) is 19.5. The zero-order valence-corrected chi connectivity index (χ0v) is 34.7. The number of ether oxygens (including phenoxy) is 1. The standard InChI is InChI=1S/C47H41N5O7S2/c1-2-59-47(56)41-37-25-26-51(29-31-15-6-3-7-16-31)30-40(37)61-46(41)50-45(55)42(32-17-8-4-9-18-32)60-36-23-14-22-35(28-36)48-44(54)38(49-43(53)33-19-10-5-11-20-33)27-34-21-12-13-24-39(34)52(57)58/h3-24,27-28,42H,2,25-26,29-30H2,1H3,(H,48,54)(H,49,53)(H,50,55)/b38-27+. The van der Waals surface area contributed by atoms with Crippen molar-refractivity contribution in [2.45, 2.75) is 36.6 Å². The number of anilines is 2. The second-order valence-corrected chi connectivity index (χ2v) is 16.2. The Morgan fingerprint density at radius 2 is 1.56 bits per heavy atom. The summed E-state index contributed by atoms with van der Waals surface area (Å²) in [5, 5.41) is 20.0. The smallest absolute Gasteiger partial charge is 0.341 e. The maximum absolute atomic E-state index is 14.4. The van der Waals surface area contributed by atoms with Crippen molar-refractivity contribution < 1.29 is 28.8 Å². The highest BCUT2D eigenvalue weighted by molar-refractivity contribution is 8.00. The molecular weight excluding hydrogens is 811 g/mol. The van der Waals surface area contributed by atoms with Crippen molar-refractivity contribution in [3.8, 4) is 0 Å². The molecule has 3 amide bonds. The summed E-state index contributed by atoms with van der Waals surface area (Å²) < 4.78 is 5.50. The Labute approximate surface area is 360 Å². The van der Waals surface area contributed by atoms with Gasteiger partial charge >= 0.3 is 5.97 Å². The third-order valence-corrected chi connectivity index (χ3v) is 12.1. The molecule has 1 aliphatic heterocycles. The van der Waals surface area contributed by atoms with E-state index in [2.05, 4.69) is 33.0 Å². The van der Waals surface area contributed by atoms with Crippen LogP contribution in [0.4, 0.5) is 16.4 Å². The summed E-state index contributed by atoms with van der Waals surface area (Å²) in [5.74, 6) is -2.13. The van der Waals surface area contributed by atoms with Crippen molar-refractivity contribution in [1.82, 2.24) is 10.2 Å². The summed E-state index contributed by atoms with van der Waals surface area (Å²) in [6, 6.07) is 40.5. The van der Waals surface area contributed by atoms with Crippen LogP contribution in [0, 0.1) is 10.1 Å². The van der Waals surface area contributed by atoms with E-state index in [9.17, 15) is 29.3 Å². The molecule has 1 aliphatic rings. The van der Waals surface area contributed by atoms with Gasteiger partial charge in [0, 0.05) is 46.7 Å². The number of hydrogen-bond acceptors (Lipinski definition) is 10. The van der Waals surface area contributed by atoms with Gasteiger partial charge in [-0.05, 0) is 72.5 Å². The first-order valence-corrected chi connectivity index (χ1v) is 21.2. The normalized spacial score (nSPS) is 13.0. The Balaban J connectivity index is 1.14. The van der Waals surface area contributed by atoms with Crippen LogP contribution >= 0.6 is 23.1 Å². The Morgan fingerprint density at radius 1 is 0.869 bits per heavy atom. The number of amides is 3. The van der Waals surface area contributed by atoms with Gasteiger partial charge < -0.3 is 20.7 Å². The largest absolute Gasteiger partial charge is 0.462 e. The molecule has 0 spiro atoms. The van der Waals surface area contributed by atoms with Gasteiger partial charge in [0.05, 0.1) is 22.7 Å². The molecule has 12 nitrogen and oxygen atoms in total. The highest BCUT2D eigenvalue weighted by atomic mass is 32.2. The Kier molecular flexibility index (Phi) is 13.8. The number of hydrogen-bond donors (Lipinski definition) is 3. The van der Waals surface area contributed by atoms with Crippen LogP contribution < -0.4 is 16.0 Å².